The van der Waals surface area contributed by atoms with Crippen molar-refractivity contribution in [1.29, 1.82) is 0 Å². The highest BCUT2D eigenvalue weighted by atomic mass is 16.6. The Balaban J connectivity index is 1.89. The lowest BCUT2D eigenvalue weighted by Gasteiger charge is -2.10. The SMILES string of the molecule is NCc1cccc(C(=O)OCC2CCCO2)c1. The number of esters is 1. The zero-order valence-electron chi connectivity index (χ0n) is 9.72. The van der Waals surface area contributed by atoms with Crippen molar-refractivity contribution in [2.75, 3.05) is 13.2 Å². The smallest absolute Gasteiger partial charge is 0.338 e. The molecule has 1 heterocycles. The van der Waals surface area contributed by atoms with E-state index in [4.69, 9.17) is 15.2 Å². The van der Waals surface area contributed by atoms with Crippen LogP contribution in [0.2, 0.25) is 0 Å². The van der Waals surface area contributed by atoms with E-state index in [-0.39, 0.29) is 12.1 Å². The van der Waals surface area contributed by atoms with E-state index in [1.807, 2.05) is 12.1 Å². The fourth-order valence-electron chi connectivity index (χ4n) is 1.85. The van der Waals surface area contributed by atoms with E-state index in [0.29, 0.717) is 18.7 Å². The molecule has 2 rings (SSSR count). The molecule has 0 amide bonds. The van der Waals surface area contributed by atoms with Crippen molar-refractivity contribution >= 4 is 5.97 Å². The summed E-state index contributed by atoms with van der Waals surface area (Å²) < 4.78 is 10.6. The fraction of sp³-hybridized carbons (Fsp3) is 0.462. The third-order valence-corrected chi connectivity index (χ3v) is 2.82. The molecule has 0 bridgehead atoms. The predicted molar refractivity (Wildman–Crippen MR) is 63.6 cm³/mol. The summed E-state index contributed by atoms with van der Waals surface area (Å²) in [5, 5.41) is 0. The zero-order valence-corrected chi connectivity index (χ0v) is 9.72. The van der Waals surface area contributed by atoms with Crippen LogP contribution in [-0.2, 0) is 16.0 Å². The van der Waals surface area contributed by atoms with E-state index < -0.39 is 0 Å². The molecule has 17 heavy (non-hydrogen) atoms. The molecule has 4 heteroatoms. The van der Waals surface area contributed by atoms with E-state index >= 15 is 0 Å². The largest absolute Gasteiger partial charge is 0.459 e. The van der Waals surface area contributed by atoms with Crippen LogP contribution >= 0.6 is 0 Å². The summed E-state index contributed by atoms with van der Waals surface area (Å²) in [7, 11) is 0. The first-order valence-corrected chi connectivity index (χ1v) is 5.87. The van der Waals surface area contributed by atoms with E-state index in [9.17, 15) is 4.79 Å². The summed E-state index contributed by atoms with van der Waals surface area (Å²) in [4.78, 5) is 11.8. The molecule has 0 saturated carbocycles. The van der Waals surface area contributed by atoms with Crippen LogP contribution in [0.25, 0.3) is 0 Å². The maximum Gasteiger partial charge on any atom is 0.338 e. The highest BCUT2D eigenvalue weighted by Crippen LogP contribution is 2.13. The van der Waals surface area contributed by atoms with Crippen LogP contribution in [0.3, 0.4) is 0 Å². The summed E-state index contributed by atoms with van der Waals surface area (Å²) in [5.41, 5.74) is 6.99. The Labute approximate surface area is 101 Å². The molecule has 1 aliphatic heterocycles. The maximum absolute atomic E-state index is 11.8. The van der Waals surface area contributed by atoms with Gasteiger partial charge in [0.2, 0.25) is 0 Å². The van der Waals surface area contributed by atoms with Gasteiger partial charge in [0.15, 0.2) is 0 Å². The van der Waals surface area contributed by atoms with Gasteiger partial charge in [-0.3, -0.25) is 0 Å². The van der Waals surface area contributed by atoms with Gasteiger partial charge < -0.3 is 15.2 Å². The van der Waals surface area contributed by atoms with E-state index in [1.54, 1.807) is 12.1 Å². The Bertz CT molecular complexity index is 386. The second kappa shape index (κ2) is 5.80. The molecule has 1 saturated heterocycles. The molecule has 0 spiro atoms. The Kier molecular flexibility index (Phi) is 4.12. The van der Waals surface area contributed by atoms with Gasteiger partial charge >= 0.3 is 5.97 Å². The van der Waals surface area contributed by atoms with Gasteiger partial charge in [0, 0.05) is 13.2 Å². The number of hydrogen-bond donors (Lipinski definition) is 1. The molecule has 2 N–H and O–H groups in total. The Morgan fingerprint density at radius 1 is 1.53 bits per heavy atom. The third-order valence-electron chi connectivity index (χ3n) is 2.82. The molecule has 0 radical (unpaired) electrons. The second-order valence-electron chi connectivity index (χ2n) is 4.14. The lowest BCUT2D eigenvalue weighted by atomic mass is 10.1. The van der Waals surface area contributed by atoms with Crippen molar-refractivity contribution in [2.45, 2.75) is 25.5 Å². The van der Waals surface area contributed by atoms with Crippen LogP contribution < -0.4 is 5.73 Å². The van der Waals surface area contributed by atoms with Gasteiger partial charge in [-0.05, 0) is 30.5 Å². The molecule has 0 aliphatic carbocycles. The second-order valence-corrected chi connectivity index (χ2v) is 4.14. The summed E-state index contributed by atoms with van der Waals surface area (Å²) in [6.07, 6.45) is 2.08. The molecule has 1 fully saturated rings. The highest BCUT2D eigenvalue weighted by molar-refractivity contribution is 5.89. The average molecular weight is 235 g/mol. The lowest BCUT2D eigenvalue weighted by molar-refractivity contribution is 0.0161. The van der Waals surface area contributed by atoms with Gasteiger partial charge in [-0.1, -0.05) is 12.1 Å². The first-order chi connectivity index (χ1) is 8.29. The normalized spacial score (nSPS) is 19.2. The number of hydrogen-bond acceptors (Lipinski definition) is 4. The molecule has 1 aromatic rings. The van der Waals surface area contributed by atoms with Crippen molar-refractivity contribution in [3.8, 4) is 0 Å². The van der Waals surface area contributed by atoms with Crippen LogP contribution in [-0.4, -0.2) is 25.3 Å². The van der Waals surface area contributed by atoms with Crippen molar-refractivity contribution < 1.29 is 14.3 Å². The molecule has 1 unspecified atom stereocenters. The standard InChI is InChI=1S/C13H17NO3/c14-8-10-3-1-4-11(7-10)13(15)17-9-12-5-2-6-16-12/h1,3-4,7,12H,2,5-6,8-9,14H2. The number of nitrogens with two attached hydrogens (primary N) is 1. The van der Waals surface area contributed by atoms with Crippen molar-refractivity contribution in [1.82, 2.24) is 0 Å². The zero-order chi connectivity index (χ0) is 12.1. The molecular weight excluding hydrogens is 218 g/mol. The van der Waals surface area contributed by atoms with Crippen molar-refractivity contribution in [3.05, 3.63) is 35.4 Å². The Morgan fingerprint density at radius 3 is 3.12 bits per heavy atom. The number of carbonyl (C=O) groups excluding carboxylic acids is 1. The molecule has 92 valence electrons. The van der Waals surface area contributed by atoms with Crippen molar-refractivity contribution in [3.63, 3.8) is 0 Å². The number of benzene rings is 1. The fourth-order valence-corrected chi connectivity index (χ4v) is 1.85. The van der Waals surface area contributed by atoms with Crippen molar-refractivity contribution in [2.24, 2.45) is 5.73 Å². The maximum atomic E-state index is 11.8. The average Bonchev–Trinajstić information content (AvgIpc) is 2.89. The minimum atomic E-state index is -0.309. The van der Waals surface area contributed by atoms with Gasteiger partial charge in [-0.2, -0.15) is 0 Å². The minimum Gasteiger partial charge on any atom is -0.459 e. The molecule has 0 aromatic heterocycles. The van der Waals surface area contributed by atoms with Crippen LogP contribution in [0, 0.1) is 0 Å². The van der Waals surface area contributed by atoms with Crippen LogP contribution in [0.5, 0.6) is 0 Å². The number of ether oxygens (including phenoxy) is 2. The van der Waals surface area contributed by atoms with Gasteiger partial charge in [0.1, 0.15) is 6.61 Å². The minimum absolute atomic E-state index is 0.0663. The highest BCUT2D eigenvalue weighted by Gasteiger charge is 2.18. The van der Waals surface area contributed by atoms with Gasteiger partial charge in [0.25, 0.3) is 0 Å². The molecular formula is C13H17NO3. The van der Waals surface area contributed by atoms with Gasteiger partial charge in [-0.15, -0.1) is 0 Å². The van der Waals surface area contributed by atoms with E-state index in [2.05, 4.69) is 0 Å². The number of carbonyl (C=O) groups is 1. The first-order valence-electron chi connectivity index (χ1n) is 5.87. The monoisotopic (exact) mass is 235 g/mol. The molecule has 1 aliphatic rings. The van der Waals surface area contributed by atoms with Gasteiger partial charge in [0.05, 0.1) is 11.7 Å². The topological polar surface area (TPSA) is 61.6 Å². The van der Waals surface area contributed by atoms with E-state index in [1.165, 1.54) is 0 Å². The number of rotatable bonds is 4. The Hall–Kier alpha value is -1.39. The summed E-state index contributed by atoms with van der Waals surface area (Å²) >= 11 is 0. The van der Waals surface area contributed by atoms with Gasteiger partial charge in [-0.25, -0.2) is 4.79 Å². The quantitative estimate of drug-likeness (QED) is 0.803. The van der Waals surface area contributed by atoms with Crippen LogP contribution in [0.1, 0.15) is 28.8 Å². The summed E-state index contributed by atoms with van der Waals surface area (Å²) in [6.45, 7) is 1.53. The molecule has 1 aromatic carbocycles. The van der Waals surface area contributed by atoms with Crippen LogP contribution in [0.4, 0.5) is 0 Å². The predicted octanol–water partition coefficient (Wildman–Crippen LogP) is 1.48. The Morgan fingerprint density at radius 2 is 2.41 bits per heavy atom. The van der Waals surface area contributed by atoms with Crippen LogP contribution in [0.15, 0.2) is 24.3 Å². The summed E-state index contributed by atoms with van der Waals surface area (Å²) in [5.74, 6) is -0.309. The molecule has 1 atom stereocenters. The van der Waals surface area contributed by atoms with E-state index in [0.717, 1.165) is 25.0 Å². The first kappa shape index (κ1) is 12.1. The summed E-state index contributed by atoms with van der Waals surface area (Å²) in [6, 6.07) is 7.19. The third kappa shape index (κ3) is 3.28. The molecule has 4 nitrogen and oxygen atoms in total. The lowest BCUT2D eigenvalue weighted by Crippen LogP contribution is -2.18.